The Morgan fingerprint density at radius 1 is 1.14 bits per heavy atom. The van der Waals surface area contributed by atoms with Gasteiger partial charge in [0.2, 0.25) is 5.91 Å². The monoisotopic (exact) mass is 409 g/mol. The van der Waals surface area contributed by atoms with Gasteiger partial charge in [-0.3, -0.25) is 9.69 Å². The number of hydrogen-bond acceptors (Lipinski definition) is 5. The first kappa shape index (κ1) is 19.6. The Labute approximate surface area is 175 Å². The second-order valence-corrected chi connectivity index (χ2v) is 7.72. The van der Waals surface area contributed by atoms with Crippen molar-refractivity contribution in [2.75, 3.05) is 37.6 Å². The molecule has 1 aromatic heterocycles. The van der Waals surface area contributed by atoms with Crippen molar-refractivity contribution in [1.82, 2.24) is 20.2 Å². The van der Waals surface area contributed by atoms with Crippen molar-refractivity contribution in [1.29, 1.82) is 0 Å². The molecule has 1 saturated heterocycles. The predicted octanol–water partition coefficient (Wildman–Crippen LogP) is 3.28. The first-order valence-corrected chi connectivity index (χ1v) is 10.2. The van der Waals surface area contributed by atoms with Crippen LogP contribution in [0, 0.1) is 0 Å². The van der Waals surface area contributed by atoms with Crippen molar-refractivity contribution in [3.05, 3.63) is 65.6 Å². The van der Waals surface area contributed by atoms with E-state index in [4.69, 9.17) is 11.6 Å². The summed E-state index contributed by atoms with van der Waals surface area (Å²) in [6.07, 6.45) is 3.12. The number of piperazine rings is 1. The van der Waals surface area contributed by atoms with Gasteiger partial charge >= 0.3 is 0 Å². The Morgan fingerprint density at radius 3 is 2.69 bits per heavy atom. The maximum absolute atomic E-state index is 12.6. The Bertz CT molecular complexity index is 998. The topological polar surface area (TPSA) is 61.4 Å². The average Bonchev–Trinajstić information content (AvgIpc) is 2.74. The molecule has 1 aliphatic heterocycles. The van der Waals surface area contributed by atoms with Crippen LogP contribution >= 0.6 is 11.6 Å². The van der Waals surface area contributed by atoms with Crippen LogP contribution in [-0.2, 0) is 4.79 Å². The fraction of sp³-hybridized carbons (Fsp3) is 0.318. The number of halogens is 1. The van der Waals surface area contributed by atoms with E-state index in [2.05, 4.69) is 49.4 Å². The molecule has 0 aliphatic carbocycles. The minimum absolute atomic E-state index is 0.0407. The summed E-state index contributed by atoms with van der Waals surface area (Å²) in [5, 5.41) is 6.07. The predicted molar refractivity (Wildman–Crippen MR) is 116 cm³/mol. The van der Waals surface area contributed by atoms with Gasteiger partial charge in [-0.15, -0.1) is 0 Å². The van der Waals surface area contributed by atoms with Gasteiger partial charge in [-0.05, 0) is 23.3 Å². The van der Waals surface area contributed by atoms with Crippen molar-refractivity contribution in [2.45, 2.75) is 13.0 Å². The van der Waals surface area contributed by atoms with Crippen LogP contribution in [0.1, 0.15) is 18.5 Å². The number of carbonyl (C=O) groups excluding carboxylic acids is 1. The normalized spacial score (nSPS) is 16.0. The molecule has 6 nitrogen and oxygen atoms in total. The standard InChI is InChI=1S/C22H24ClN5O/c1-16(18-8-4-6-17-5-2-3-7-19(17)18)26-21(29)14-27-9-11-28(12-10-27)22-20(23)13-24-15-25-22/h2-8,13,15-16H,9-12,14H2,1H3,(H,26,29)/t16-/m0/s1. The number of rotatable bonds is 5. The molecule has 29 heavy (non-hydrogen) atoms. The fourth-order valence-corrected chi connectivity index (χ4v) is 4.08. The summed E-state index contributed by atoms with van der Waals surface area (Å²) in [4.78, 5) is 25.1. The van der Waals surface area contributed by atoms with Crippen molar-refractivity contribution in [2.24, 2.45) is 0 Å². The third-order valence-electron chi connectivity index (χ3n) is 5.35. The molecule has 0 saturated carbocycles. The number of anilines is 1. The van der Waals surface area contributed by atoms with Crippen LogP contribution in [-0.4, -0.2) is 53.5 Å². The molecule has 0 radical (unpaired) electrons. The molecular weight excluding hydrogens is 386 g/mol. The lowest BCUT2D eigenvalue weighted by molar-refractivity contribution is -0.123. The van der Waals surface area contributed by atoms with Gasteiger partial charge < -0.3 is 10.2 Å². The molecule has 1 amide bonds. The van der Waals surface area contributed by atoms with Gasteiger partial charge in [-0.2, -0.15) is 0 Å². The van der Waals surface area contributed by atoms with Gasteiger partial charge in [0.15, 0.2) is 5.82 Å². The minimum Gasteiger partial charge on any atom is -0.353 e. The average molecular weight is 410 g/mol. The Morgan fingerprint density at radius 2 is 1.90 bits per heavy atom. The highest BCUT2D eigenvalue weighted by atomic mass is 35.5. The van der Waals surface area contributed by atoms with Gasteiger partial charge in [0, 0.05) is 26.2 Å². The first-order valence-electron chi connectivity index (χ1n) is 9.81. The summed E-state index contributed by atoms with van der Waals surface area (Å²) in [5.41, 5.74) is 1.14. The Kier molecular flexibility index (Phi) is 5.92. The molecule has 0 bridgehead atoms. The van der Waals surface area contributed by atoms with E-state index >= 15 is 0 Å². The van der Waals surface area contributed by atoms with Crippen molar-refractivity contribution >= 4 is 34.1 Å². The van der Waals surface area contributed by atoms with E-state index in [1.807, 2.05) is 25.1 Å². The van der Waals surface area contributed by atoms with Crippen LogP contribution in [0.3, 0.4) is 0 Å². The quantitative estimate of drug-likeness (QED) is 0.700. The van der Waals surface area contributed by atoms with E-state index in [1.54, 1.807) is 6.20 Å². The van der Waals surface area contributed by atoms with Gasteiger partial charge in [0.1, 0.15) is 11.3 Å². The smallest absolute Gasteiger partial charge is 0.234 e. The number of amides is 1. The van der Waals surface area contributed by atoms with Crippen molar-refractivity contribution in [3.8, 4) is 0 Å². The van der Waals surface area contributed by atoms with Gasteiger partial charge in [0.25, 0.3) is 0 Å². The third-order valence-corrected chi connectivity index (χ3v) is 5.62. The second-order valence-electron chi connectivity index (χ2n) is 7.32. The zero-order valence-electron chi connectivity index (χ0n) is 16.4. The molecule has 1 aliphatic rings. The number of nitrogens with zero attached hydrogens (tertiary/aromatic N) is 4. The molecule has 150 valence electrons. The molecule has 2 heterocycles. The molecule has 2 aromatic carbocycles. The SMILES string of the molecule is C[C@H](NC(=O)CN1CCN(c2ncncc2Cl)CC1)c1cccc2ccccc12. The maximum Gasteiger partial charge on any atom is 0.234 e. The van der Waals surface area contributed by atoms with E-state index < -0.39 is 0 Å². The van der Waals surface area contributed by atoms with Gasteiger partial charge in [-0.25, -0.2) is 9.97 Å². The number of benzene rings is 2. The first-order chi connectivity index (χ1) is 14.1. The van der Waals surface area contributed by atoms with E-state index in [9.17, 15) is 4.79 Å². The van der Waals surface area contributed by atoms with Crippen LogP contribution in [0.25, 0.3) is 10.8 Å². The number of nitrogens with one attached hydrogen (secondary N) is 1. The molecule has 0 spiro atoms. The third kappa shape index (κ3) is 4.49. The van der Waals surface area contributed by atoms with Crippen LogP contribution in [0.4, 0.5) is 5.82 Å². The molecule has 4 rings (SSSR count). The number of carbonyl (C=O) groups is 1. The molecule has 1 atom stereocenters. The number of aromatic nitrogens is 2. The van der Waals surface area contributed by atoms with Crippen LogP contribution in [0.5, 0.6) is 0 Å². The van der Waals surface area contributed by atoms with E-state index in [0.717, 1.165) is 37.6 Å². The van der Waals surface area contributed by atoms with Crippen molar-refractivity contribution in [3.63, 3.8) is 0 Å². The van der Waals surface area contributed by atoms with Gasteiger partial charge in [-0.1, -0.05) is 54.1 Å². The summed E-state index contributed by atoms with van der Waals surface area (Å²) in [7, 11) is 0. The lowest BCUT2D eigenvalue weighted by Gasteiger charge is -2.35. The zero-order valence-corrected chi connectivity index (χ0v) is 17.1. The summed E-state index contributed by atoms with van der Waals surface area (Å²) in [6.45, 7) is 5.56. The zero-order chi connectivity index (χ0) is 20.2. The fourth-order valence-electron chi connectivity index (χ4n) is 3.85. The largest absolute Gasteiger partial charge is 0.353 e. The highest BCUT2D eigenvalue weighted by Gasteiger charge is 2.22. The summed E-state index contributed by atoms with van der Waals surface area (Å²) < 4.78 is 0. The second kappa shape index (κ2) is 8.76. The summed E-state index contributed by atoms with van der Waals surface area (Å²) in [6, 6.07) is 14.4. The molecule has 7 heteroatoms. The summed E-state index contributed by atoms with van der Waals surface area (Å²) in [5.74, 6) is 0.800. The molecule has 1 fully saturated rings. The van der Waals surface area contributed by atoms with E-state index in [0.29, 0.717) is 11.6 Å². The maximum atomic E-state index is 12.6. The lowest BCUT2D eigenvalue weighted by atomic mass is 10.00. The molecule has 0 unspecified atom stereocenters. The van der Waals surface area contributed by atoms with Crippen molar-refractivity contribution < 1.29 is 4.79 Å². The Hall–Kier alpha value is -2.70. The van der Waals surface area contributed by atoms with E-state index in [-0.39, 0.29) is 11.9 Å². The molecular formula is C22H24ClN5O. The number of fused-ring (bicyclic) bond motifs is 1. The lowest BCUT2D eigenvalue weighted by Crippen LogP contribution is -2.50. The number of hydrogen-bond donors (Lipinski definition) is 1. The van der Waals surface area contributed by atoms with Crippen LogP contribution in [0.15, 0.2) is 55.0 Å². The van der Waals surface area contributed by atoms with Crippen LogP contribution < -0.4 is 10.2 Å². The summed E-state index contributed by atoms with van der Waals surface area (Å²) >= 11 is 6.19. The van der Waals surface area contributed by atoms with Crippen LogP contribution in [0.2, 0.25) is 5.02 Å². The Balaban J connectivity index is 1.33. The van der Waals surface area contributed by atoms with Gasteiger partial charge in [0.05, 0.1) is 18.8 Å². The molecule has 3 aromatic rings. The highest BCUT2D eigenvalue weighted by molar-refractivity contribution is 6.32. The van der Waals surface area contributed by atoms with E-state index in [1.165, 1.54) is 17.1 Å². The molecule has 1 N–H and O–H groups in total. The highest BCUT2D eigenvalue weighted by Crippen LogP contribution is 2.24. The minimum atomic E-state index is -0.0466.